The van der Waals surface area contributed by atoms with Crippen LogP contribution in [0.3, 0.4) is 0 Å². The number of piperidine rings is 1. The third kappa shape index (κ3) is 4.79. The largest absolute Gasteiger partial charge is 0.487 e. The first-order chi connectivity index (χ1) is 14.1. The number of nitrogens with zero attached hydrogens (tertiary/aromatic N) is 3. The van der Waals surface area contributed by atoms with Crippen molar-refractivity contribution in [2.24, 2.45) is 0 Å². The van der Waals surface area contributed by atoms with Crippen molar-refractivity contribution in [2.45, 2.75) is 31.8 Å². The van der Waals surface area contributed by atoms with Crippen LogP contribution in [-0.4, -0.2) is 40.1 Å². The highest BCUT2D eigenvalue weighted by Crippen LogP contribution is 2.23. The highest BCUT2D eigenvalue weighted by atomic mass is 32.1. The molecule has 6 nitrogen and oxygen atoms in total. The molecule has 0 saturated carbocycles. The molecule has 1 fully saturated rings. The van der Waals surface area contributed by atoms with Gasteiger partial charge in [-0.3, -0.25) is 4.79 Å². The summed E-state index contributed by atoms with van der Waals surface area (Å²) in [6, 6.07) is 5.17. The predicted octanol–water partition coefficient (Wildman–Crippen LogP) is 4.08. The van der Waals surface area contributed by atoms with Gasteiger partial charge in [-0.15, -0.1) is 0 Å². The summed E-state index contributed by atoms with van der Waals surface area (Å²) in [5.41, 5.74) is 0.899. The summed E-state index contributed by atoms with van der Waals surface area (Å²) in [6.07, 6.45) is 1.64. The van der Waals surface area contributed by atoms with E-state index in [2.05, 4.69) is 10.1 Å². The lowest BCUT2D eigenvalue weighted by molar-refractivity contribution is -0.133. The van der Waals surface area contributed by atoms with Gasteiger partial charge in [-0.2, -0.15) is 16.3 Å². The fourth-order valence-corrected chi connectivity index (χ4v) is 3.85. The first-order valence-corrected chi connectivity index (χ1v) is 10.3. The maximum absolute atomic E-state index is 13.7. The molecule has 1 aliphatic heterocycles. The molecular formula is C20H19F2N3O3S. The van der Waals surface area contributed by atoms with Crippen LogP contribution in [0.15, 0.2) is 39.5 Å². The third-order valence-corrected chi connectivity index (χ3v) is 5.47. The second kappa shape index (κ2) is 8.69. The Labute approximate surface area is 170 Å². The molecule has 152 valence electrons. The second-order valence-corrected chi connectivity index (χ2v) is 7.58. The van der Waals surface area contributed by atoms with E-state index in [1.165, 1.54) is 12.1 Å². The van der Waals surface area contributed by atoms with Crippen molar-refractivity contribution >= 4 is 17.2 Å². The summed E-state index contributed by atoms with van der Waals surface area (Å²) in [5, 5.41) is 7.81. The molecule has 1 saturated heterocycles. The minimum Gasteiger partial charge on any atom is -0.487 e. The van der Waals surface area contributed by atoms with Crippen molar-refractivity contribution < 1.29 is 22.8 Å². The van der Waals surface area contributed by atoms with E-state index in [-0.39, 0.29) is 24.2 Å². The Morgan fingerprint density at radius 3 is 2.83 bits per heavy atom. The molecule has 0 unspecified atom stereocenters. The Morgan fingerprint density at radius 2 is 2.10 bits per heavy atom. The number of carbonyl (C=O) groups excluding carboxylic acids is 1. The molecule has 1 aliphatic rings. The Kier molecular flexibility index (Phi) is 5.84. The third-order valence-electron chi connectivity index (χ3n) is 4.78. The van der Waals surface area contributed by atoms with Gasteiger partial charge in [0, 0.05) is 55.8 Å². The maximum atomic E-state index is 13.7. The molecule has 2 aromatic heterocycles. The van der Waals surface area contributed by atoms with Crippen molar-refractivity contribution in [2.75, 3.05) is 13.1 Å². The number of hydrogen-bond donors (Lipinski definition) is 0. The number of benzene rings is 1. The molecule has 1 aromatic carbocycles. The molecule has 0 radical (unpaired) electrons. The van der Waals surface area contributed by atoms with Crippen LogP contribution in [0.4, 0.5) is 8.78 Å². The smallest absolute Gasteiger partial charge is 0.227 e. The first kappa shape index (κ1) is 19.5. The fourth-order valence-electron chi connectivity index (χ4n) is 3.21. The van der Waals surface area contributed by atoms with E-state index in [0.29, 0.717) is 44.1 Å². The summed E-state index contributed by atoms with van der Waals surface area (Å²) in [4.78, 5) is 18.5. The van der Waals surface area contributed by atoms with E-state index >= 15 is 0 Å². The van der Waals surface area contributed by atoms with Crippen molar-refractivity contribution in [1.29, 1.82) is 0 Å². The summed E-state index contributed by atoms with van der Waals surface area (Å²) < 4.78 is 37.5. The van der Waals surface area contributed by atoms with Gasteiger partial charge in [-0.25, -0.2) is 8.78 Å². The number of thiophene rings is 1. The average Bonchev–Trinajstić information content (AvgIpc) is 3.40. The van der Waals surface area contributed by atoms with Gasteiger partial charge in [0.1, 0.15) is 11.9 Å². The molecule has 4 rings (SSSR count). The van der Waals surface area contributed by atoms with Crippen LogP contribution in [0.25, 0.3) is 11.4 Å². The average molecular weight is 419 g/mol. The lowest BCUT2D eigenvalue weighted by Gasteiger charge is -2.32. The Balaban J connectivity index is 1.24. The highest BCUT2D eigenvalue weighted by molar-refractivity contribution is 7.08. The number of halogens is 2. The number of carbonyl (C=O) groups is 1. The van der Waals surface area contributed by atoms with Crippen LogP contribution in [0.1, 0.15) is 25.2 Å². The molecular weight excluding hydrogens is 400 g/mol. The minimum atomic E-state index is -0.718. The van der Waals surface area contributed by atoms with Crippen LogP contribution < -0.4 is 4.74 Å². The molecule has 3 heterocycles. The normalized spacial score (nSPS) is 14.9. The van der Waals surface area contributed by atoms with Gasteiger partial charge in [-0.05, 0) is 23.6 Å². The van der Waals surface area contributed by atoms with Gasteiger partial charge in [0.2, 0.25) is 17.6 Å². The van der Waals surface area contributed by atoms with Gasteiger partial charge in [0.05, 0.1) is 0 Å². The number of amides is 1. The lowest BCUT2D eigenvalue weighted by atomic mass is 10.1. The number of aryl methyl sites for hydroxylation is 1. The molecule has 0 N–H and O–H groups in total. The number of hydrogen-bond acceptors (Lipinski definition) is 6. The number of rotatable bonds is 6. The molecule has 0 aliphatic carbocycles. The van der Waals surface area contributed by atoms with Crippen LogP contribution in [0, 0.1) is 11.6 Å². The Hall–Kier alpha value is -2.81. The molecule has 0 spiro atoms. The van der Waals surface area contributed by atoms with Crippen molar-refractivity contribution in [3.63, 3.8) is 0 Å². The van der Waals surface area contributed by atoms with Gasteiger partial charge in [-0.1, -0.05) is 5.16 Å². The highest BCUT2D eigenvalue weighted by Gasteiger charge is 2.25. The van der Waals surface area contributed by atoms with Gasteiger partial charge >= 0.3 is 0 Å². The number of ether oxygens (including phenoxy) is 1. The van der Waals surface area contributed by atoms with Gasteiger partial charge < -0.3 is 14.2 Å². The topological polar surface area (TPSA) is 68.5 Å². The van der Waals surface area contributed by atoms with Gasteiger partial charge in [0.25, 0.3) is 0 Å². The van der Waals surface area contributed by atoms with E-state index < -0.39 is 11.6 Å². The lowest BCUT2D eigenvalue weighted by Crippen LogP contribution is -2.41. The maximum Gasteiger partial charge on any atom is 0.227 e. The zero-order valence-electron chi connectivity index (χ0n) is 15.5. The summed E-state index contributed by atoms with van der Waals surface area (Å²) in [6.45, 7) is 1.05. The van der Waals surface area contributed by atoms with Crippen LogP contribution >= 0.6 is 11.3 Å². The fraction of sp³-hybridized carbons (Fsp3) is 0.350. The summed E-state index contributed by atoms with van der Waals surface area (Å²) >= 11 is 1.55. The number of aromatic nitrogens is 2. The summed E-state index contributed by atoms with van der Waals surface area (Å²) in [5.74, 6) is -0.353. The van der Waals surface area contributed by atoms with Crippen molar-refractivity contribution in [3.8, 4) is 17.1 Å². The van der Waals surface area contributed by atoms with E-state index in [9.17, 15) is 13.6 Å². The quantitative estimate of drug-likeness (QED) is 0.602. The number of likely N-dealkylation sites (tertiary alicyclic amines) is 1. The van der Waals surface area contributed by atoms with Crippen molar-refractivity contribution in [1.82, 2.24) is 15.0 Å². The monoisotopic (exact) mass is 419 g/mol. The molecule has 1 amide bonds. The Morgan fingerprint density at radius 1 is 1.28 bits per heavy atom. The molecule has 0 bridgehead atoms. The minimum absolute atomic E-state index is 0.00620. The standard InChI is InChI=1S/C20H19F2N3O3S/c21-14-1-2-17(16(22)11-14)27-15-5-8-25(9-6-15)19(26)4-3-18-23-20(24-28-18)13-7-10-29-12-13/h1-2,7,10-12,15H,3-6,8-9H2. The first-order valence-electron chi connectivity index (χ1n) is 9.33. The van der Waals surface area contributed by atoms with E-state index in [0.717, 1.165) is 11.6 Å². The molecule has 9 heteroatoms. The molecule has 0 atom stereocenters. The van der Waals surface area contributed by atoms with E-state index in [4.69, 9.17) is 9.26 Å². The summed E-state index contributed by atoms with van der Waals surface area (Å²) in [7, 11) is 0. The van der Waals surface area contributed by atoms with Crippen LogP contribution in [0.5, 0.6) is 5.75 Å². The van der Waals surface area contributed by atoms with E-state index in [1.54, 1.807) is 16.2 Å². The molecule has 3 aromatic rings. The van der Waals surface area contributed by atoms with Crippen LogP contribution in [-0.2, 0) is 11.2 Å². The second-order valence-electron chi connectivity index (χ2n) is 6.80. The zero-order valence-corrected chi connectivity index (χ0v) is 16.3. The Bertz CT molecular complexity index is 969. The zero-order chi connectivity index (χ0) is 20.2. The van der Waals surface area contributed by atoms with Crippen LogP contribution in [0.2, 0.25) is 0 Å². The van der Waals surface area contributed by atoms with E-state index in [1.807, 2.05) is 16.8 Å². The van der Waals surface area contributed by atoms with Gasteiger partial charge in [0.15, 0.2) is 11.6 Å². The van der Waals surface area contributed by atoms with Crippen molar-refractivity contribution in [3.05, 3.63) is 52.6 Å². The predicted molar refractivity (Wildman–Crippen MR) is 103 cm³/mol. The SMILES string of the molecule is O=C(CCc1nc(-c2ccsc2)no1)N1CCC(Oc2ccc(F)cc2F)CC1. The molecule has 29 heavy (non-hydrogen) atoms.